The van der Waals surface area contributed by atoms with Crippen molar-refractivity contribution in [2.45, 2.75) is 19.2 Å². The molecule has 0 heterocycles. The van der Waals surface area contributed by atoms with Gasteiger partial charge in [-0.3, -0.25) is 4.79 Å². The molecule has 5 rings (SSSR count). The number of hydrogen-bond donors (Lipinski definition) is 2. The standard InChI is InChI=1S/C36H31N3O4/c1-41-34-22-29(17-20-33(34)42-25-28-11-8-14-32(21-28)43-31-12-6-3-7-13-31)35(39-30-18-15-26(23-37)16-19-30)36(40)38-24-27-9-4-2-5-10-27/h2-22,35,39H,24-25H2,1H3,(H,38,40)/t35-/m1/s1. The Kier molecular flexibility index (Phi) is 9.53. The lowest BCUT2D eigenvalue weighted by Gasteiger charge is -2.21. The maximum Gasteiger partial charge on any atom is 0.247 e. The SMILES string of the molecule is COc1cc([C@@H](Nc2ccc(C#N)cc2)C(=O)NCc2ccccc2)ccc1OCc1cccc(Oc2ccccc2)c1. The summed E-state index contributed by atoms with van der Waals surface area (Å²) in [7, 11) is 1.57. The molecule has 1 amide bonds. The minimum atomic E-state index is -0.730. The van der Waals surface area contributed by atoms with Crippen molar-refractivity contribution in [1.82, 2.24) is 5.32 Å². The summed E-state index contributed by atoms with van der Waals surface area (Å²) in [5.74, 6) is 2.31. The number of carbonyl (C=O) groups is 1. The van der Waals surface area contributed by atoms with Crippen LogP contribution in [0.2, 0.25) is 0 Å². The molecule has 2 N–H and O–H groups in total. The van der Waals surface area contributed by atoms with Crippen molar-refractivity contribution in [2.24, 2.45) is 0 Å². The molecule has 214 valence electrons. The molecule has 0 aromatic heterocycles. The molecule has 0 bridgehead atoms. The first-order valence-electron chi connectivity index (χ1n) is 13.8. The van der Waals surface area contributed by atoms with Gasteiger partial charge in [0.05, 0.1) is 18.7 Å². The lowest BCUT2D eigenvalue weighted by Crippen LogP contribution is -2.33. The van der Waals surface area contributed by atoms with E-state index in [1.54, 1.807) is 43.5 Å². The zero-order valence-electron chi connectivity index (χ0n) is 23.7. The normalized spacial score (nSPS) is 11.1. The topological polar surface area (TPSA) is 92.6 Å². The van der Waals surface area contributed by atoms with Gasteiger partial charge >= 0.3 is 0 Å². The van der Waals surface area contributed by atoms with Crippen molar-refractivity contribution in [1.29, 1.82) is 5.26 Å². The van der Waals surface area contributed by atoms with Crippen LogP contribution in [-0.4, -0.2) is 13.0 Å². The summed E-state index contributed by atoms with van der Waals surface area (Å²) in [5, 5.41) is 15.5. The van der Waals surface area contributed by atoms with Crippen LogP contribution in [0.4, 0.5) is 5.69 Å². The molecule has 0 aliphatic heterocycles. The summed E-state index contributed by atoms with van der Waals surface area (Å²) in [5.41, 5.74) is 3.86. The number of hydrogen-bond acceptors (Lipinski definition) is 6. The third-order valence-electron chi connectivity index (χ3n) is 6.69. The Morgan fingerprint density at radius 1 is 0.767 bits per heavy atom. The Morgan fingerprint density at radius 2 is 1.47 bits per heavy atom. The molecule has 0 fully saturated rings. The summed E-state index contributed by atoms with van der Waals surface area (Å²) in [6, 6.07) is 40.8. The fourth-order valence-corrected chi connectivity index (χ4v) is 4.46. The molecular formula is C36H31N3O4. The molecule has 0 spiro atoms. The summed E-state index contributed by atoms with van der Waals surface area (Å²) >= 11 is 0. The van der Waals surface area contributed by atoms with E-state index in [9.17, 15) is 4.79 Å². The zero-order valence-corrected chi connectivity index (χ0v) is 23.7. The van der Waals surface area contributed by atoms with Crippen molar-refractivity contribution < 1.29 is 19.0 Å². The molecule has 0 radical (unpaired) electrons. The molecule has 0 saturated heterocycles. The first-order chi connectivity index (χ1) is 21.1. The predicted molar refractivity (Wildman–Crippen MR) is 166 cm³/mol. The van der Waals surface area contributed by atoms with E-state index < -0.39 is 6.04 Å². The Balaban J connectivity index is 1.32. The summed E-state index contributed by atoms with van der Waals surface area (Å²) < 4.78 is 17.8. The molecule has 0 aliphatic carbocycles. The maximum absolute atomic E-state index is 13.5. The highest BCUT2D eigenvalue weighted by Crippen LogP contribution is 2.33. The number of nitriles is 1. The largest absolute Gasteiger partial charge is 0.493 e. The summed E-state index contributed by atoms with van der Waals surface area (Å²) in [6.45, 7) is 0.683. The average Bonchev–Trinajstić information content (AvgIpc) is 3.06. The first kappa shape index (κ1) is 28.8. The van der Waals surface area contributed by atoms with Gasteiger partial charge in [0.15, 0.2) is 11.5 Å². The molecule has 43 heavy (non-hydrogen) atoms. The number of carbonyl (C=O) groups excluding carboxylic acids is 1. The molecule has 0 unspecified atom stereocenters. The maximum atomic E-state index is 13.5. The third-order valence-corrected chi connectivity index (χ3v) is 6.69. The van der Waals surface area contributed by atoms with E-state index >= 15 is 0 Å². The van der Waals surface area contributed by atoms with Crippen LogP contribution in [0.3, 0.4) is 0 Å². The molecule has 0 aliphatic rings. The van der Waals surface area contributed by atoms with Gasteiger partial charge in [-0.2, -0.15) is 5.26 Å². The lowest BCUT2D eigenvalue weighted by molar-refractivity contribution is -0.122. The molecule has 7 heteroatoms. The van der Waals surface area contributed by atoms with Crippen LogP contribution in [-0.2, 0) is 17.9 Å². The number of rotatable bonds is 12. The highest BCUT2D eigenvalue weighted by atomic mass is 16.5. The van der Waals surface area contributed by atoms with Crippen LogP contribution in [0.25, 0.3) is 0 Å². The van der Waals surface area contributed by atoms with Gasteiger partial charge < -0.3 is 24.8 Å². The highest BCUT2D eigenvalue weighted by molar-refractivity contribution is 5.86. The second-order valence-corrected chi connectivity index (χ2v) is 9.73. The van der Waals surface area contributed by atoms with E-state index in [1.807, 2.05) is 91.0 Å². The molecule has 5 aromatic rings. The number of nitrogens with zero attached hydrogens (tertiary/aromatic N) is 1. The molecule has 5 aromatic carbocycles. The van der Waals surface area contributed by atoms with Crippen molar-refractivity contribution in [3.05, 3.63) is 150 Å². The van der Waals surface area contributed by atoms with E-state index in [-0.39, 0.29) is 5.91 Å². The van der Waals surface area contributed by atoms with Gasteiger partial charge in [0.25, 0.3) is 0 Å². The molecular weight excluding hydrogens is 538 g/mol. The van der Waals surface area contributed by atoms with Gasteiger partial charge in [-0.05, 0) is 77.4 Å². The Hall–Kier alpha value is -5.74. The van der Waals surface area contributed by atoms with Gasteiger partial charge in [0.2, 0.25) is 5.91 Å². The fourth-order valence-electron chi connectivity index (χ4n) is 4.46. The minimum Gasteiger partial charge on any atom is -0.493 e. The Labute approximate surface area is 251 Å². The Bertz CT molecular complexity index is 1680. The second-order valence-electron chi connectivity index (χ2n) is 9.73. The van der Waals surface area contributed by atoms with Crippen LogP contribution < -0.4 is 24.8 Å². The first-order valence-corrected chi connectivity index (χ1v) is 13.8. The van der Waals surface area contributed by atoms with Gasteiger partial charge in [0.1, 0.15) is 24.1 Å². The van der Waals surface area contributed by atoms with Crippen LogP contribution >= 0.6 is 0 Å². The van der Waals surface area contributed by atoms with Crippen molar-refractivity contribution >= 4 is 11.6 Å². The molecule has 7 nitrogen and oxygen atoms in total. The predicted octanol–water partition coefficient (Wildman–Crippen LogP) is 7.41. The van der Waals surface area contributed by atoms with Crippen LogP contribution in [0.5, 0.6) is 23.0 Å². The third kappa shape index (κ3) is 7.93. The smallest absolute Gasteiger partial charge is 0.247 e. The number of ether oxygens (including phenoxy) is 3. The summed E-state index contributed by atoms with van der Waals surface area (Å²) in [6.07, 6.45) is 0. The quantitative estimate of drug-likeness (QED) is 0.163. The molecule has 0 saturated carbocycles. The van der Waals surface area contributed by atoms with Crippen molar-refractivity contribution in [3.8, 4) is 29.1 Å². The number of methoxy groups -OCH3 is 1. The Morgan fingerprint density at radius 3 is 2.19 bits per heavy atom. The average molecular weight is 570 g/mol. The van der Waals surface area contributed by atoms with Crippen LogP contribution in [0.15, 0.2) is 127 Å². The van der Waals surface area contributed by atoms with E-state index in [4.69, 9.17) is 19.5 Å². The minimum absolute atomic E-state index is 0.209. The van der Waals surface area contributed by atoms with E-state index in [1.165, 1.54) is 0 Å². The zero-order chi connectivity index (χ0) is 29.9. The van der Waals surface area contributed by atoms with E-state index in [0.29, 0.717) is 47.2 Å². The van der Waals surface area contributed by atoms with Crippen molar-refractivity contribution in [2.75, 3.05) is 12.4 Å². The highest BCUT2D eigenvalue weighted by Gasteiger charge is 2.22. The lowest BCUT2D eigenvalue weighted by atomic mass is 10.0. The number of amides is 1. The summed E-state index contributed by atoms with van der Waals surface area (Å²) in [4.78, 5) is 13.5. The number of benzene rings is 5. The molecule has 1 atom stereocenters. The number of nitrogens with one attached hydrogen (secondary N) is 2. The van der Waals surface area contributed by atoms with Crippen LogP contribution in [0.1, 0.15) is 28.3 Å². The van der Waals surface area contributed by atoms with Gasteiger partial charge in [-0.25, -0.2) is 0 Å². The van der Waals surface area contributed by atoms with Crippen molar-refractivity contribution in [3.63, 3.8) is 0 Å². The fraction of sp³-hybridized carbons (Fsp3) is 0.111. The van der Waals surface area contributed by atoms with Gasteiger partial charge in [-0.1, -0.05) is 66.7 Å². The monoisotopic (exact) mass is 569 g/mol. The second kappa shape index (κ2) is 14.2. The van der Waals surface area contributed by atoms with Gasteiger partial charge in [-0.15, -0.1) is 0 Å². The number of para-hydroxylation sites is 1. The van der Waals surface area contributed by atoms with Crippen LogP contribution in [0, 0.1) is 11.3 Å². The van der Waals surface area contributed by atoms with Gasteiger partial charge in [0, 0.05) is 12.2 Å². The van der Waals surface area contributed by atoms with E-state index in [0.717, 1.165) is 16.9 Å². The van der Waals surface area contributed by atoms with E-state index in [2.05, 4.69) is 16.7 Å². The number of anilines is 1.